The molecule has 0 saturated carbocycles. The lowest BCUT2D eigenvalue weighted by Gasteiger charge is -2.12. The summed E-state index contributed by atoms with van der Waals surface area (Å²) >= 11 is 1.34. The highest BCUT2D eigenvalue weighted by atomic mass is 32.1. The van der Waals surface area contributed by atoms with Crippen molar-refractivity contribution in [3.8, 4) is 22.2 Å². The summed E-state index contributed by atoms with van der Waals surface area (Å²) < 4.78 is 12.2. The Kier molecular flexibility index (Phi) is 4.14. The van der Waals surface area contributed by atoms with Crippen molar-refractivity contribution in [1.82, 2.24) is 14.6 Å². The zero-order valence-corrected chi connectivity index (χ0v) is 15.0. The number of methoxy groups -OCH3 is 2. The predicted molar refractivity (Wildman–Crippen MR) is 99.3 cm³/mol. The van der Waals surface area contributed by atoms with Crippen molar-refractivity contribution in [2.75, 3.05) is 14.2 Å². The molecule has 4 rings (SSSR count). The number of rotatable bonds is 5. The molecule has 0 atom stereocenters. The largest absolute Gasteiger partial charge is 0.496 e. The van der Waals surface area contributed by atoms with Gasteiger partial charge in [-0.1, -0.05) is 42.5 Å². The van der Waals surface area contributed by atoms with E-state index < -0.39 is 0 Å². The number of ketones is 1. The van der Waals surface area contributed by atoms with Gasteiger partial charge in [-0.15, -0.1) is 5.10 Å². The van der Waals surface area contributed by atoms with Crippen LogP contribution in [0.2, 0.25) is 0 Å². The molecule has 4 aromatic rings. The molecule has 6 nitrogen and oxygen atoms in total. The summed E-state index contributed by atoms with van der Waals surface area (Å²) in [5.41, 5.74) is 2.44. The van der Waals surface area contributed by atoms with Crippen molar-refractivity contribution in [1.29, 1.82) is 0 Å². The van der Waals surface area contributed by atoms with Crippen LogP contribution in [0.5, 0.6) is 10.9 Å². The normalized spacial score (nSPS) is 10.8. The Hall–Kier alpha value is -3.19. The second-order valence-corrected chi connectivity index (χ2v) is 6.42. The molecule has 130 valence electrons. The quantitative estimate of drug-likeness (QED) is 0.505. The number of carbonyl (C=O) groups excluding carboxylic acids is 1. The molecule has 0 amide bonds. The van der Waals surface area contributed by atoms with Gasteiger partial charge in [-0.25, -0.2) is 9.50 Å². The van der Waals surface area contributed by atoms with Crippen LogP contribution >= 0.6 is 11.3 Å². The highest BCUT2D eigenvalue weighted by Gasteiger charge is 2.22. The third-order valence-electron chi connectivity index (χ3n) is 3.98. The second kappa shape index (κ2) is 6.61. The maximum absolute atomic E-state index is 13.1. The van der Waals surface area contributed by atoms with E-state index in [2.05, 4.69) is 10.1 Å². The minimum absolute atomic E-state index is 0.111. The molecular weight excluding hydrogens is 350 g/mol. The van der Waals surface area contributed by atoms with Crippen molar-refractivity contribution in [2.45, 2.75) is 0 Å². The molecule has 2 aromatic heterocycles. The van der Waals surface area contributed by atoms with E-state index in [1.807, 2.05) is 30.3 Å². The van der Waals surface area contributed by atoms with Gasteiger partial charge < -0.3 is 9.47 Å². The van der Waals surface area contributed by atoms with E-state index in [1.54, 1.807) is 43.1 Å². The lowest BCUT2D eigenvalue weighted by molar-refractivity contribution is 0.103. The molecule has 0 spiro atoms. The summed E-state index contributed by atoms with van der Waals surface area (Å²) in [7, 11) is 3.12. The first kappa shape index (κ1) is 16.3. The average molecular weight is 365 g/mol. The molecule has 2 aromatic carbocycles. The Morgan fingerprint density at radius 2 is 1.85 bits per heavy atom. The van der Waals surface area contributed by atoms with Gasteiger partial charge in [0.2, 0.25) is 4.96 Å². The molecule has 0 radical (unpaired) electrons. The molecule has 26 heavy (non-hydrogen) atoms. The van der Waals surface area contributed by atoms with Crippen molar-refractivity contribution in [2.24, 2.45) is 0 Å². The van der Waals surface area contributed by atoms with Crippen LogP contribution in [-0.2, 0) is 0 Å². The van der Waals surface area contributed by atoms with Gasteiger partial charge in [0.15, 0.2) is 5.78 Å². The lowest BCUT2D eigenvalue weighted by Crippen LogP contribution is -2.06. The number of hydrogen-bond acceptors (Lipinski definition) is 6. The Labute approximate surface area is 153 Å². The standard InChI is InChI=1S/C19H15N3O3S/c1-24-15-10-6-9-13(16(15)17(23)12-7-4-3-5-8-12)14-11-22-18(20-14)26-19(21-22)25-2/h3-11H,1-2H3. The fraction of sp³-hybridized carbons (Fsp3) is 0.105. The average Bonchev–Trinajstić information content (AvgIpc) is 3.26. The maximum atomic E-state index is 13.1. The van der Waals surface area contributed by atoms with E-state index in [4.69, 9.17) is 9.47 Å². The molecular formula is C19H15N3O3S. The summed E-state index contributed by atoms with van der Waals surface area (Å²) in [6.45, 7) is 0. The minimum Gasteiger partial charge on any atom is -0.496 e. The summed E-state index contributed by atoms with van der Waals surface area (Å²) in [4.78, 5) is 18.4. The number of nitrogens with zero attached hydrogens (tertiary/aromatic N) is 3. The molecule has 0 aliphatic carbocycles. The smallest absolute Gasteiger partial charge is 0.294 e. The van der Waals surface area contributed by atoms with Gasteiger partial charge in [0, 0.05) is 11.1 Å². The van der Waals surface area contributed by atoms with Crippen molar-refractivity contribution in [3.63, 3.8) is 0 Å². The molecule has 0 bridgehead atoms. The first-order chi connectivity index (χ1) is 12.7. The van der Waals surface area contributed by atoms with Gasteiger partial charge in [0.1, 0.15) is 5.75 Å². The summed E-state index contributed by atoms with van der Waals surface area (Å²) in [6.07, 6.45) is 1.78. The van der Waals surface area contributed by atoms with Crippen LogP contribution < -0.4 is 9.47 Å². The first-order valence-electron chi connectivity index (χ1n) is 7.88. The molecule has 0 N–H and O–H groups in total. The van der Waals surface area contributed by atoms with Crippen LogP contribution in [0.25, 0.3) is 16.2 Å². The molecule has 2 heterocycles. The van der Waals surface area contributed by atoms with E-state index in [0.29, 0.717) is 38.3 Å². The van der Waals surface area contributed by atoms with E-state index in [0.717, 1.165) is 0 Å². The van der Waals surface area contributed by atoms with Gasteiger partial charge in [0.05, 0.1) is 31.7 Å². The highest BCUT2D eigenvalue weighted by Crippen LogP contribution is 2.33. The molecule has 0 fully saturated rings. The van der Waals surface area contributed by atoms with Crippen molar-refractivity contribution >= 4 is 22.1 Å². The number of ether oxygens (including phenoxy) is 2. The Morgan fingerprint density at radius 1 is 1.04 bits per heavy atom. The zero-order chi connectivity index (χ0) is 18.1. The number of benzene rings is 2. The fourth-order valence-electron chi connectivity index (χ4n) is 2.78. The topological polar surface area (TPSA) is 65.7 Å². The second-order valence-electron chi connectivity index (χ2n) is 5.50. The SMILES string of the molecule is COc1nn2cc(-c3cccc(OC)c3C(=O)c3ccccc3)nc2s1. The highest BCUT2D eigenvalue weighted by molar-refractivity contribution is 7.18. The summed E-state index contributed by atoms with van der Waals surface area (Å²) in [6, 6.07) is 14.6. The predicted octanol–water partition coefficient (Wildman–Crippen LogP) is 3.71. The van der Waals surface area contributed by atoms with Gasteiger partial charge >= 0.3 is 0 Å². The zero-order valence-electron chi connectivity index (χ0n) is 14.2. The van der Waals surface area contributed by atoms with Gasteiger partial charge in [-0.3, -0.25) is 4.79 Å². The molecule has 0 aliphatic rings. The Balaban J connectivity index is 1.87. The monoisotopic (exact) mass is 365 g/mol. The molecule has 7 heteroatoms. The van der Waals surface area contributed by atoms with E-state index in [1.165, 1.54) is 11.3 Å². The van der Waals surface area contributed by atoms with Gasteiger partial charge in [-0.05, 0) is 17.4 Å². The van der Waals surface area contributed by atoms with Crippen LogP contribution in [-0.4, -0.2) is 34.6 Å². The molecule has 0 saturated heterocycles. The van der Waals surface area contributed by atoms with Crippen LogP contribution in [0, 0.1) is 0 Å². The number of fused-ring (bicyclic) bond motifs is 1. The first-order valence-corrected chi connectivity index (χ1v) is 8.70. The lowest BCUT2D eigenvalue weighted by atomic mass is 9.96. The van der Waals surface area contributed by atoms with E-state index in [-0.39, 0.29) is 5.78 Å². The summed E-state index contributed by atoms with van der Waals surface area (Å²) in [5, 5.41) is 4.82. The third-order valence-corrected chi connectivity index (χ3v) is 4.87. The minimum atomic E-state index is -0.111. The van der Waals surface area contributed by atoms with Gasteiger partial charge in [0.25, 0.3) is 5.19 Å². The van der Waals surface area contributed by atoms with Crippen molar-refractivity contribution in [3.05, 3.63) is 65.9 Å². The fourth-order valence-corrected chi connectivity index (χ4v) is 3.48. The van der Waals surface area contributed by atoms with E-state index >= 15 is 0 Å². The molecule has 0 unspecified atom stereocenters. The number of carbonyl (C=O) groups is 1. The number of aromatic nitrogens is 3. The summed E-state index contributed by atoms with van der Waals surface area (Å²) in [5.74, 6) is 0.401. The number of hydrogen-bond donors (Lipinski definition) is 0. The van der Waals surface area contributed by atoms with E-state index in [9.17, 15) is 4.79 Å². The maximum Gasteiger partial charge on any atom is 0.294 e. The van der Waals surface area contributed by atoms with Gasteiger partial charge in [-0.2, -0.15) is 0 Å². The van der Waals surface area contributed by atoms with Crippen LogP contribution in [0.4, 0.5) is 0 Å². The number of imidazole rings is 1. The van der Waals surface area contributed by atoms with Crippen molar-refractivity contribution < 1.29 is 14.3 Å². The van der Waals surface area contributed by atoms with Crippen LogP contribution in [0.3, 0.4) is 0 Å². The van der Waals surface area contributed by atoms with Crippen LogP contribution in [0.15, 0.2) is 54.7 Å². The Morgan fingerprint density at radius 3 is 2.54 bits per heavy atom. The Bertz CT molecular complexity index is 1050. The van der Waals surface area contributed by atoms with Crippen LogP contribution in [0.1, 0.15) is 15.9 Å². The molecule has 0 aliphatic heterocycles. The third kappa shape index (κ3) is 2.72.